The first-order chi connectivity index (χ1) is 9.11. The van der Waals surface area contributed by atoms with Crippen molar-refractivity contribution in [3.05, 3.63) is 68.9 Å². The topological polar surface area (TPSA) is 38.0 Å². The van der Waals surface area contributed by atoms with E-state index in [1.54, 1.807) is 12.1 Å². The summed E-state index contributed by atoms with van der Waals surface area (Å²) >= 11 is 9.44. The normalized spacial score (nSPS) is 12.4. The second-order valence-electron chi connectivity index (χ2n) is 4.18. The predicted molar refractivity (Wildman–Crippen MR) is 79.3 cm³/mol. The van der Waals surface area contributed by atoms with Gasteiger partial charge in [0.1, 0.15) is 5.82 Å². The highest BCUT2D eigenvalue weighted by Gasteiger charge is 2.16. The van der Waals surface area contributed by atoms with Gasteiger partial charge in [-0.2, -0.15) is 0 Å². The van der Waals surface area contributed by atoms with E-state index in [4.69, 9.17) is 17.4 Å². The predicted octanol–water partition coefficient (Wildman–Crippen LogP) is 3.99. The average molecular weight is 344 g/mol. The SMILES string of the molecule is NNC(Cc1ccccc1Cl)c1cc(Br)ccc1F. The Hall–Kier alpha value is -0.940. The lowest BCUT2D eigenvalue weighted by Gasteiger charge is -2.18. The zero-order valence-corrected chi connectivity index (χ0v) is 12.4. The van der Waals surface area contributed by atoms with Crippen molar-refractivity contribution in [2.75, 3.05) is 0 Å². The van der Waals surface area contributed by atoms with E-state index in [2.05, 4.69) is 21.4 Å². The first kappa shape index (κ1) is 14.5. The van der Waals surface area contributed by atoms with Gasteiger partial charge in [-0.25, -0.2) is 4.39 Å². The van der Waals surface area contributed by atoms with E-state index in [0.29, 0.717) is 17.0 Å². The lowest BCUT2D eigenvalue weighted by Crippen LogP contribution is -2.30. The number of hydrazine groups is 1. The number of nitrogens with one attached hydrogen (secondary N) is 1. The number of nitrogens with two attached hydrogens (primary N) is 1. The summed E-state index contributed by atoms with van der Waals surface area (Å²) in [5, 5.41) is 0.651. The number of halogens is 3. The van der Waals surface area contributed by atoms with Gasteiger partial charge in [0.25, 0.3) is 0 Å². The van der Waals surface area contributed by atoms with Crippen LogP contribution in [0.15, 0.2) is 46.9 Å². The molecule has 0 aliphatic heterocycles. The Morgan fingerprint density at radius 1 is 1.26 bits per heavy atom. The summed E-state index contributed by atoms with van der Waals surface area (Å²) in [6.07, 6.45) is 0.517. The van der Waals surface area contributed by atoms with Crippen LogP contribution in [0.4, 0.5) is 4.39 Å². The van der Waals surface area contributed by atoms with Crippen molar-refractivity contribution >= 4 is 27.5 Å². The van der Waals surface area contributed by atoms with Crippen molar-refractivity contribution in [3.63, 3.8) is 0 Å². The minimum Gasteiger partial charge on any atom is -0.271 e. The van der Waals surface area contributed by atoms with Crippen LogP contribution in [-0.4, -0.2) is 0 Å². The largest absolute Gasteiger partial charge is 0.271 e. The van der Waals surface area contributed by atoms with E-state index in [0.717, 1.165) is 10.0 Å². The Kier molecular flexibility index (Phi) is 4.93. The van der Waals surface area contributed by atoms with Crippen LogP contribution in [0.25, 0.3) is 0 Å². The van der Waals surface area contributed by atoms with E-state index < -0.39 is 0 Å². The summed E-state index contributed by atoms with van der Waals surface area (Å²) in [5.74, 6) is 5.25. The Morgan fingerprint density at radius 3 is 2.68 bits per heavy atom. The van der Waals surface area contributed by atoms with Crippen LogP contribution < -0.4 is 11.3 Å². The highest BCUT2D eigenvalue weighted by Crippen LogP contribution is 2.26. The first-order valence-electron chi connectivity index (χ1n) is 5.76. The molecule has 3 N–H and O–H groups in total. The van der Waals surface area contributed by atoms with Gasteiger partial charge in [-0.1, -0.05) is 45.7 Å². The molecule has 0 saturated heterocycles. The van der Waals surface area contributed by atoms with Gasteiger partial charge < -0.3 is 0 Å². The molecule has 1 unspecified atom stereocenters. The highest BCUT2D eigenvalue weighted by molar-refractivity contribution is 9.10. The second-order valence-corrected chi connectivity index (χ2v) is 5.50. The van der Waals surface area contributed by atoms with Crippen LogP contribution in [0.1, 0.15) is 17.2 Å². The Balaban J connectivity index is 2.30. The third-order valence-electron chi connectivity index (χ3n) is 2.92. The summed E-state index contributed by atoms with van der Waals surface area (Å²) < 4.78 is 14.7. The van der Waals surface area contributed by atoms with E-state index in [9.17, 15) is 4.39 Å². The summed E-state index contributed by atoms with van der Waals surface area (Å²) in [7, 11) is 0. The molecule has 0 aliphatic carbocycles. The molecule has 2 aromatic carbocycles. The summed E-state index contributed by atoms with van der Waals surface area (Å²) in [6.45, 7) is 0. The molecular formula is C14H13BrClFN2. The van der Waals surface area contributed by atoms with Gasteiger partial charge in [0.15, 0.2) is 0 Å². The molecule has 1 atom stereocenters. The van der Waals surface area contributed by atoms with Gasteiger partial charge in [0, 0.05) is 15.1 Å². The van der Waals surface area contributed by atoms with Crippen molar-refractivity contribution in [1.82, 2.24) is 5.43 Å². The fourth-order valence-corrected chi connectivity index (χ4v) is 2.52. The van der Waals surface area contributed by atoms with Crippen molar-refractivity contribution in [2.24, 2.45) is 5.84 Å². The molecule has 2 aromatic rings. The molecule has 100 valence electrons. The summed E-state index contributed by atoms with van der Waals surface area (Å²) in [6, 6.07) is 11.9. The number of hydrogen-bond acceptors (Lipinski definition) is 2. The van der Waals surface area contributed by atoms with Gasteiger partial charge in [0.05, 0.1) is 6.04 Å². The van der Waals surface area contributed by atoms with E-state index in [-0.39, 0.29) is 11.9 Å². The average Bonchev–Trinajstić information content (AvgIpc) is 2.41. The molecular weight excluding hydrogens is 331 g/mol. The third-order valence-corrected chi connectivity index (χ3v) is 3.78. The van der Waals surface area contributed by atoms with Crippen LogP contribution in [0.2, 0.25) is 5.02 Å². The smallest absolute Gasteiger partial charge is 0.128 e. The molecule has 0 spiro atoms. The fourth-order valence-electron chi connectivity index (χ4n) is 1.92. The van der Waals surface area contributed by atoms with Gasteiger partial charge in [-0.3, -0.25) is 11.3 Å². The quantitative estimate of drug-likeness (QED) is 0.651. The van der Waals surface area contributed by atoms with E-state index >= 15 is 0 Å². The molecule has 0 fully saturated rings. The van der Waals surface area contributed by atoms with Gasteiger partial charge in [0.2, 0.25) is 0 Å². The van der Waals surface area contributed by atoms with Crippen LogP contribution in [0.3, 0.4) is 0 Å². The lowest BCUT2D eigenvalue weighted by molar-refractivity contribution is 0.510. The maximum atomic E-state index is 13.9. The molecule has 0 aliphatic rings. The Bertz CT molecular complexity index is 577. The molecule has 0 heterocycles. The maximum Gasteiger partial charge on any atom is 0.128 e. The fraction of sp³-hybridized carbons (Fsp3) is 0.143. The molecule has 2 rings (SSSR count). The molecule has 2 nitrogen and oxygen atoms in total. The third kappa shape index (κ3) is 3.54. The van der Waals surface area contributed by atoms with Crippen LogP contribution in [0, 0.1) is 5.82 Å². The standard InChI is InChI=1S/C14H13BrClFN2/c15-10-5-6-13(17)11(8-10)14(19-18)7-9-3-1-2-4-12(9)16/h1-6,8,14,19H,7,18H2. The molecule has 0 aromatic heterocycles. The maximum absolute atomic E-state index is 13.9. The molecule has 0 bridgehead atoms. The number of rotatable bonds is 4. The van der Waals surface area contributed by atoms with Gasteiger partial charge in [-0.05, 0) is 36.2 Å². The molecule has 0 amide bonds. The molecule has 5 heteroatoms. The van der Waals surface area contributed by atoms with Crippen LogP contribution in [0.5, 0.6) is 0 Å². The van der Waals surface area contributed by atoms with Gasteiger partial charge in [-0.15, -0.1) is 0 Å². The molecule has 0 saturated carbocycles. The minimum atomic E-state index is -0.336. The van der Waals surface area contributed by atoms with Gasteiger partial charge >= 0.3 is 0 Å². The molecule has 0 radical (unpaired) electrons. The number of benzene rings is 2. The zero-order chi connectivity index (χ0) is 13.8. The number of hydrogen-bond donors (Lipinski definition) is 2. The van der Waals surface area contributed by atoms with E-state index in [1.165, 1.54) is 6.07 Å². The van der Waals surface area contributed by atoms with Crippen molar-refractivity contribution < 1.29 is 4.39 Å². The van der Waals surface area contributed by atoms with Crippen LogP contribution >= 0.6 is 27.5 Å². The van der Waals surface area contributed by atoms with Crippen molar-refractivity contribution in [1.29, 1.82) is 0 Å². The lowest BCUT2D eigenvalue weighted by atomic mass is 9.99. The summed E-state index contributed by atoms with van der Waals surface area (Å²) in [5.41, 5.74) is 4.08. The van der Waals surface area contributed by atoms with Crippen molar-refractivity contribution in [3.8, 4) is 0 Å². The van der Waals surface area contributed by atoms with E-state index in [1.807, 2.05) is 24.3 Å². The second kappa shape index (κ2) is 6.48. The van der Waals surface area contributed by atoms with Crippen molar-refractivity contribution in [2.45, 2.75) is 12.5 Å². The first-order valence-corrected chi connectivity index (χ1v) is 6.93. The Morgan fingerprint density at radius 2 is 2.00 bits per heavy atom. The summed E-state index contributed by atoms with van der Waals surface area (Å²) in [4.78, 5) is 0. The van der Waals surface area contributed by atoms with Crippen LogP contribution in [-0.2, 0) is 6.42 Å². The highest BCUT2D eigenvalue weighted by atomic mass is 79.9. The monoisotopic (exact) mass is 342 g/mol. The minimum absolute atomic E-state index is 0.293. The Labute approximate surface area is 124 Å². The molecule has 19 heavy (non-hydrogen) atoms. The zero-order valence-electron chi connectivity index (χ0n) is 10.0.